The fourth-order valence-corrected chi connectivity index (χ4v) is 3.58. The van der Waals surface area contributed by atoms with Crippen LogP contribution in [0.3, 0.4) is 0 Å². The van der Waals surface area contributed by atoms with E-state index in [9.17, 15) is 0 Å². The summed E-state index contributed by atoms with van der Waals surface area (Å²) >= 11 is 9.76. The predicted octanol–water partition coefficient (Wildman–Crippen LogP) is 4.79. The number of anilines is 1. The van der Waals surface area contributed by atoms with Gasteiger partial charge in [0.15, 0.2) is 0 Å². The molecule has 1 fully saturated rings. The van der Waals surface area contributed by atoms with E-state index in [0.717, 1.165) is 32.6 Å². The zero-order valence-corrected chi connectivity index (χ0v) is 12.1. The second-order valence-corrected chi connectivity index (χ2v) is 6.33. The lowest BCUT2D eigenvalue weighted by molar-refractivity contribution is 0.218. The Labute approximate surface area is 115 Å². The Morgan fingerprint density at radius 2 is 2.24 bits per heavy atom. The van der Waals surface area contributed by atoms with Crippen LogP contribution in [-0.2, 0) is 0 Å². The first-order chi connectivity index (χ1) is 8.15. The van der Waals surface area contributed by atoms with Gasteiger partial charge >= 0.3 is 0 Å². The summed E-state index contributed by atoms with van der Waals surface area (Å²) in [6, 6.07) is 4.67. The van der Waals surface area contributed by atoms with Crippen LogP contribution in [0, 0.1) is 18.8 Å². The maximum atomic E-state index is 6.17. The van der Waals surface area contributed by atoms with E-state index in [1.165, 1.54) is 12.8 Å². The standard InChI is InChI=1S/C14H15BrClN/c1-8-5-11(15)14(7-12(8)16)17-13-6-9-3-2-4-10(9)13/h2,4-5,7,9-10,13,17H,3,6H2,1H3. The van der Waals surface area contributed by atoms with E-state index in [-0.39, 0.29) is 0 Å². The second kappa shape index (κ2) is 4.33. The number of hydrogen-bond acceptors (Lipinski definition) is 1. The van der Waals surface area contributed by atoms with Gasteiger partial charge in [-0.15, -0.1) is 0 Å². The van der Waals surface area contributed by atoms with Crippen LogP contribution in [0.2, 0.25) is 5.02 Å². The molecule has 0 radical (unpaired) electrons. The van der Waals surface area contributed by atoms with E-state index in [4.69, 9.17) is 11.6 Å². The Kier molecular flexibility index (Phi) is 2.95. The molecule has 1 N–H and O–H groups in total. The van der Waals surface area contributed by atoms with Gasteiger partial charge in [0, 0.05) is 21.5 Å². The summed E-state index contributed by atoms with van der Waals surface area (Å²) in [5.41, 5.74) is 2.22. The lowest BCUT2D eigenvalue weighted by Gasteiger charge is -2.41. The van der Waals surface area contributed by atoms with Gasteiger partial charge < -0.3 is 5.32 Å². The number of allylic oxidation sites excluding steroid dienone is 1. The van der Waals surface area contributed by atoms with Crippen molar-refractivity contribution in [3.05, 3.63) is 39.3 Å². The van der Waals surface area contributed by atoms with E-state index in [2.05, 4.69) is 39.5 Å². The first-order valence-corrected chi connectivity index (χ1v) is 7.21. The minimum Gasteiger partial charge on any atom is -0.381 e. The van der Waals surface area contributed by atoms with Crippen molar-refractivity contribution >= 4 is 33.2 Å². The molecule has 0 aromatic heterocycles. The quantitative estimate of drug-likeness (QED) is 0.774. The summed E-state index contributed by atoms with van der Waals surface area (Å²) < 4.78 is 1.10. The molecular formula is C14H15BrClN. The van der Waals surface area contributed by atoms with E-state index < -0.39 is 0 Å². The van der Waals surface area contributed by atoms with Gasteiger partial charge in [-0.3, -0.25) is 0 Å². The minimum absolute atomic E-state index is 0.578. The topological polar surface area (TPSA) is 12.0 Å². The molecule has 3 unspecified atom stereocenters. The minimum atomic E-state index is 0.578. The Hall–Kier alpha value is -0.470. The maximum Gasteiger partial charge on any atom is 0.0502 e. The maximum absolute atomic E-state index is 6.17. The molecule has 3 rings (SSSR count). The Morgan fingerprint density at radius 3 is 3.00 bits per heavy atom. The molecule has 0 aliphatic heterocycles. The molecule has 3 heteroatoms. The van der Waals surface area contributed by atoms with Crippen molar-refractivity contribution in [1.82, 2.24) is 0 Å². The zero-order valence-electron chi connectivity index (χ0n) is 9.71. The van der Waals surface area contributed by atoms with Crippen molar-refractivity contribution in [3.63, 3.8) is 0 Å². The Balaban J connectivity index is 1.77. The highest BCUT2D eigenvalue weighted by molar-refractivity contribution is 9.10. The van der Waals surface area contributed by atoms with Crippen LogP contribution in [0.4, 0.5) is 5.69 Å². The zero-order chi connectivity index (χ0) is 12.0. The number of aryl methyl sites for hydroxylation is 1. The fraction of sp³-hybridized carbons (Fsp3) is 0.429. The van der Waals surface area contributed by atoms with Gasteiger partial charge in [-0.1, -0.05) is 23.8 Å². The van der Waals surface area contributed by atoms with Crippen LogP contribution < -0.4 is 5.32 Å². The van der Waals surface area contributed by atoms with Gasteiger partial charge in [-0.25, -0.2) is 0 Å². The van der Waals surface area contributed by atoms with Gasteiger partial charge in [0.25, 0.3) is 0 Å². The molecule has 0 amide bonds. The average Bonchev–Trinajstić information content (AvgIpc) is 2.63. The number of halogens is 2. The summed E-state index contributed by atoms with van der Waals surface area (Å²) in [5, 5.41) is 4.43. The average molecular weight is 313 g/mol. The molecule has 1 nitrogen and oxygen atoms in total. The van der Waals surface area contributed by atoms with Crippen LogP contribution in [0.5, 0.6) is 0 Å². The summed E-state index contributed by atoms with van der Waals surface area (Å²) in [6.07, 6.45) is 7.21. The molecule has 17 heavy (non-hydrogen) atoms. The molecule has 1 aromatic rings. The Morgan fingerprint density at radius 1 is 1.41 bits per heavy atom. The molecule has 0 spiro atoms. The highest BCUT2D eigenvalue weighted by Crippen LogP contribution is 2.45. The number of fused-ring (bicyclic) bond motifs is 1. The lowest BCUT2D eigenvalue weighted by atomic mass is 9.71. The third-order valence-corrected chi connectivity index (χ3v) is 5.02. The number of rotatable bonds is 2. The predicted molar refractivity (Wildman–Crippen MR) is 76.7 cm³/mol. The van der Waals surface area contributed by atoms with Crippen LogP contribution in [0.15, 0.2) is 28.8 Å². The molecule has 2 aliphatic rings. The molecule has 0 bridgehead atoms. The second-order valence-electron chi connectivity index (χ2n) is 5.07. The van der Waals surface area contributed by atoms with Crippen molar-refractivity contribution in [3.8, 4) is 0 Å². The van der Waals surface area contributed by atoms with Gasteiger partial charge in [-0.05, 0) is 59.3 Å². The van der Waals surface area contributed by atoms with Crippen molar-refractivity contribution in [2.24, 2.45) is 11.8 Å². The van der Waals surface area contributed by atoms with E-state index in [1.807, 2.05) is 13.0 Å². The van der Waals surface area contributed by atoms with Crippen LogP contribution >= 0.6 is 27.5 Å². The molecule has 0 saturated heterocycles. The highest BCUT2D eigenvalue weighted by atomic mass is 79.9. The van der Waals surface area contributed by atoms with E-state index in [1.54, 1.807) is 0 Å². The van der Waals surface area contributed by atoms with E-state index >= 15 is 0 Å². The molecule has 1 aromatic carbocycles. The first kappa shape index (κ1) is 11.6. The molecule has 3 atom stereocenters. The summed E-state index contributed by atoms with van der Waals surface area (Å²) in [6.45, 7) is 2.02. The third kappa shape index (κ3) is 2.02. The first-order valence-electron chi connectivity index (χ1n) is 6.04. The fourth-order valence-electron chi connectivity index (χ4n) is 2.84. The highest BCUT2D eigenvalue weighted by Gasteiger charge is 2.41. The van der Waals surface area contributed by atoms with Gasteiger partial charge in [-0.2, -0.15) is 0 Å². The summed E-state index contributed by atoms with van der Waals surface area (Å²) in [4.78, 5) is 0. The number of nitrogens with one attached hydrogen (secondary N) is 1. The molecule has 90 valence electrons. The monoisotopic (exact) mass is 311 g/mol. The van der Waals surface area contributed by atoms with Crippen molar-refractivity contribution in [2.45, 2.75) is 25.8 Å². The SMILES string of the molecule is Cc1cc(Br)c(NC2CC3CC=CC32)cc1Cl. The van der Waals surface area contributed by atoms with Gasteiger partial charge in [0.2, 0.25) is 0 Å². The smallest absolute Gasteiger partial charge is 0.0502 e. The van der Waals surface area contributed by atoms with Crippen LogP contribution in [0.1, 0.15) is 18.4 Å². The van der Waals surface area contributed by atoms with Crippen LogP contribution in [0.25, 0.3) is 0 Å². The Bertz CT molecular complexity index is 483. The third-order valence-electron chi connectivity index (χ3n) is 3.95. The van der Waals surface area contributed by atoms with Crippen molar-refractivity contribution < 1.29 is 0 Å². The normalized spacial score (nSPS) is 29.9. The number of hydrogen-bond donors (Lipinski definition) is 1. The number of benzene rings is 1. The van der Waals surface area contributed by atoms with Crippen LogP contribution in [-0.4, -0.2) is 6.04 Å². The molecule has 1 saturated carbocycles. The largest absolute Gasteiger partial charge is 0.381 e. The molecule has 2 aliphatic carbocycles. The summed E-state index contributed by atoms with van der Waals surface area (Å²) in [7, 11) is 0. The van der Waals surface area contributed by atoms with Crippen molar-refractivity contribution in [1.29, 1.82) is 0 Å². The van der Waals surface area contributed by atoms with Crippen molar-refractivity contribution in [2.75, 3.05) is 5.32 Å². The van der Waals surface area contributed by atoms with Gasteiger partial charge in [0.05, 0.1) is 5.69 Å². The van der Waals surface area contributed by atoms with E-state index in [0.29, 0.717) is 6.04 Å². The van der Waals surface area contributed by atoms with Gasteiger partial charge in [0.1, 0.15) is 0 Å². The summed E-state index contributed by atoms with van der Waals surface area (Å²) in [5.74, 6) is 1.61. The molecule has 0 heterocycles. The molecular weight excluding hydrogens is 298 g/mol. The lowest BCUT2D eigenvalue weighted by Crippen LogP contribution is -2.43.